The van der Waals surface area contributed by atoms with E-state index in [1.165, 1.54) is 0 Å². The summed E-state index contributed by atoms with van der Waals surface area (Å²) in [5, 5.41) is 8.92. The summed E-state index contributed by atoms with van der Waals surface area (Å²) in [7, 11) is 0. The number of hydrogen-bond donors (Lipinski definition) is 1. The highest BCUT2D eigenvalue weighted by atomic mass is 35.5. The number of pyridine rings is 1. The lowest BCUT2D eigenvalue weighted by atomic mass is 10.1. The molecule has 0 aromatic carbocycles. The maximum Gasteiger partial charge on any atom is 0.574 e. The Labute approximate surface area is 103 Å². The van der Waals surface area contributed by atoms with Gasteiger partial charge in [0.2, 0.25) is 5.88 Å². The Balaban J connectivity index is 3.31. The van der Waals surface area contributed by atoms with Crippen LogP contribution in [0.5, 0.6) is 5.88 Å². The van der Waals surface area contributed by atoms with E-state index in [2.05, 4.69) is 9.72 Å². The van der Waals surface area contributed by atoms with Gasteiger partial charge in [-0.05, 0) is 11.6 Å². The zero-order valence-electron chi connectivity index (χ0n) is 8.64. The third kappa shape index (κ3) is 3.67. The molecule has 1 heterocycles. The summed E-state index contributed by atoms with van der Waals surface area (Å²) in [5.74, 6) is -1.47. The summed E-state index contributed by atoms with van der Waals surface area (Å²) in [4.78, 5) is 3.03. The van der Waals surface area contributed by atoms with Crippen molar-refractivity contribution in [3.05, 3.63) is 22.9 Å². The maximum atomic E-state index is 12.4. The van der Waals surface area contributed by atoms with Crippen molar-refractivity contribution >= 4 is 11.6 Å². The molecule has 0 atom stereocenters. The first-order valence-corrected chi connectivity index (χ1v) is 5.05. The normalized spacial score (nSPS) is 12.0. The van der Waals surface area contributed by atoms with Gasteiger partial charge < -0.3 is 9.84 Å². The number of rotatable bonds is 4. The lowest BCUT2D eigenvalue weighted by Gasteiger charge is -2.15. The monoisotopic (exact) mass is 291 g/mol. The number of halogens is 6. The standard InChI is InChI=1S/C9H7ClF5NO2/c10-2-4-1-6(7(11)12)16-8(5(4)3-17)18-9(13,14)15/h1,7,17H,2-3H2. The second-order valence-corrected chi connectivity index (χ2v) is 3.40. The minimum Gasteiger partial charge on any atom is -0.391 e. The van der Waals surface area contributed by atoms with Gasteiger partial charge in [0.25, 0.3) is 6.43 Å². The fraction of sp³-hybridized carbons (Fsp3) is 0.444. The van der Waals surface area contributed by atoms with Crippen LogP contribution in [0.4, 0.5) is 22.0 Å². The van der Waals surface area contributed by atoms with E-state index >= 15 is 0 Å². The number of ether oxygens (including phenoxy) is 1. The van der Waals surface area contributed by atoms with Gasteiger partial charge in [-0.2, -0.15) is 0 Å². The molecule has 0 fully saturated rings. The molecule has 1 rings (SSSR count). The van der Waals surface area contributed by atoms with E-state index in [1.54, 1.807) is 0 Å². The molecule has 0 amide bonds. The molecule has 0 spiro atoms. The summed E-state index contributed by atoms with van der Waals surface area (Å²) >= 11 is 5.41. The van der Waals surface area contributed by atoms with Crippen molar-refractivity contribution in [1.29, 1.82) is 0 Å². The average Bonchev–Trinajstić information content (AvgIpc) is 2.25. The summed E-state index contributed by atoms with van der Waals surface area (Å²) in [6.45, 7) is -0.857. The van der Waals surface area contributed by atoms with Crippen LogP contribution in [0.15, 0.2) is 6.07 Å². The van der Waals surface area contributed by atoms with E-state index in [-0.39, 0.29) is 17.0 Å². The molecule has 1 N–H and O–H groups in total. The first kappa shape index (κ1) is 14.9. The van der Waals surface area contributed by atoms with Crippen molar-refractivity contribution in [3.8, 4) is 5.88 Å². The SMILES string of the molecule is OCc1c(CCl)cc(C(F)F)nc1OC(F)(F)F. The van der Waals surface area contributed by atoms with Gasteiger partial charge in [-0.15, -0.1) is 24.8 Å². The quantitative estimate of drug-likeness (QED) is 0.684. The third-order valence-electron chi connectivity index (χ3n) is 1.94. The first-order valence-electron chi connectivity index (χ1n) is 4.52. The van der Waals surface area contributed by atoms with Crippen molar-refractivity contribution in [2.75, 3.05) is 0 Å². The molecule has 0 aliphatic carbocycles. The number of aromatic nitrogens is 1. The summed E-state index contributed by atoms with van der Waals surface area (Å²) < 4.78 is 64.5. The van der Waals surface area contributed by atoms with Gasteiger partial charge in [-0.25, -0.2) is 13.8 Å². The van der Waals surface area contributed by atoms with Crippen LogP contribution in [0.1, 0.15) is 23.2 Å². The zero-order valence-corrected chi connectivity index (χ0v) is 9.40. The van der Waals surface area contributed by atoms with Gasteiger partial charge in [-0.3, -0.25) is 0 Å². The van der Waals surface area contributed by atoms with E-state index < -0.39 is 31.0 Å². The van der Waals surface area contributed by atoms with Crippen LogP contribution in [-0.4, -0.2) is 16.5 Å². The molecule has 0 radical (unpaired) electrons. The predicted molar refractivity (Wildman–Crippen MR) is 51.4 cm³/mol. The van der Waals surface area contributed by atoms with Gasteiger partial charge >= 0.3 is 6.36 Å². The molecule has 3 nitrogen and oxygen atoms in total. The minimum atomic E-state index is -5.10. The molecule has 0 unspecified atom stereocenters. The number of alkyl halides is 6. The Morgan fingerprint density at radius 1 is 1.39 bits per heavy atom. The Kier molecular flexibility index (Phi) is 4.69. The average molecular weight is 292 g/mol. The van der Waals surface area contributed by atoms with Crippen molar-refractivity contribution in [2.24, 2.45) is 0 Å². The van der Waals surface area contributed by atoms with Gasteiger partial charge in [-0.1, -0.05) is 0 Å². The molecule has 1 aromatic heterocycles. The number of hydrogen-bond acceptors (Lipinski definition) is 3. The van der Waals surface area contributed by atoms with E-state index in [9.17, 15) is 22.0 Å². The predicted octanol–water partition coefficient (Wildman–Crippen LogP) is 3.15. The molecule has 0 aliphatic heterocycles. The Hall–Kier alpha value is -1.15. The molecule has 102 valence electrons. The molecular weight excluding hydrogens is 285 g/mol. The second kappa shape index (κ2) is 5.66. The second-order valence-electron chi connectivity index (χ2n) is 3.13. The molecular formula is C9H7ClF5NO2. The molecule has 0 saturated carbocycles. The molecule has 0 bridgehead atoms. The molecule has 0 saturated heterocycles. The van der Waals surface area contributed by atoms with Crippen LogP contribution in [-0.2, 0) is 12.5 Å². The zero-order chi connectivity index (χ0) is 13.9. The highest BCUT2D eigenvalue weighted by Crippen LogP contribution is 2.31. The van der Waals surface area contributed by atoms with Crippen molar-refractivity contribution in [1.82, 2.24) is 4.98 Å². The topological polar surface area (TPSA) is 42.4 Å². The van der Waals surface area contributed by atoms with Crippen LogP contribution >= 0.6 is 11.6 Å². The van der Waals surface area contributed by atoms with E-state index in [4.69, 9.17) is 16.7 Å². The van der Waals surface area contributed by atoms with E-state index in [0.29, 0.717) is 0 Å². The van der Waals surface area contributed by atoms with Crippen LogP contribution in [0.3, 0.4) is 0 Å². The Bertz CT molecular complexity index is 424. The fourth-order valence-electron chi connectivity index (χ4n) is 1.21. The van der Waals surface area contributed by atoms with Crippen LogP contribution in [0.25, 0.3) is 0 Å². The van der Waals surface area contributed by atoms with Gasteiger partial charge in [0.1, 0.15) is 5.69 Å². The van der Waals surface area contributed by atoms with Gasteiger partial charge in [0.05, 0.1) is 6.61 Å². The highest BCUT2D eigenvalue weighted by molar-refractivity contribution is 6.17. The highest BCUT2D eigenvalue weighted by Gasteiger charge is 2.34. The van der Waals surface area contributed by atoms with Crippen molar-refractivity contribution in [3.63, 3.8) is 0 Å². The maximum absolute atomic E-state index is 12.4. The first-order chi connectivity index (χ1) is 8.28. The Morgan fingerprint density at radius 2 is 2.00 bits per heavy atom. The smallest absolute Gasteiger partial charge is 0.391 e. The number of nitrogens with zero attached hydrogens (tertiary/aromatic N) is 1. The third-order valence-corrected chi connectivity index (χ3v) is 2.22. The molecule has 9 heteroatoms. The van der Waals surface area contributed by atoms with Crippen LogP contribution < -0.4 is 4.74 Å². The Morgan fingerprint density at radius 3 is 2.39 bits per heavy atom. The lowest BCUT2D eigenvalue weighted by Crippen LogP contribution is -2.20. The summed E-state index contributed by atoms with van der Waals surface area (Å²) in [5.41, 5.74) is -1.36. The van der Waals surface area contributed by atoms with Gasteiger partial charge in [0, 0.05) is 11.4 Å². The summed E-state index contributed by atoms with van der Waals surface area (Å²) in [6.07, 6.45) is -8.17. The van der Waals surface area contributed by atoms with Crippen LogP contribution in [0, 0.1) is 0 Å². The number of aliphatic hydroxyl groups is 1. The lowest BCUT2D eigenvalue weighted by molar-refractivity contribution is -0.276. The van der Waals surface area contributed by atoms with Crippen molar-refractivity contribution in [2.45, 2.75) is 25.3 Å². The minimum absolute atomic E-state index is 0.0938. The van der Waals surface area contributed by atoms with Crippen molar-refractivity contribution < 1.29 is 31.8 Å². The summed E-state index contributed by atoms with van der Waals surface area (Å²) in [6, 6.07) is 0.826. The molecule has 1 aromatic rings. The largest absolute Gasteiger partial charge is 0.574 e. The van der Waals surface area contributed by atoms with Crippen LogP contribution in [0.2, 0.25) is 0 Å². The molecule has 18 heavy (non-hydrogen) atoms. The van der Waals surface area contributed by atoms with Gasteiger partial charge in [0.15, 0.2) is 0 Å². The van der Waals surface area contributed by atoms with E-state index in [1.807, 2.05) is 0 Å². The molecule has 0 aliphatic rings. The fourth-order valence-corrected chi connectivity index (χ4v) is 1.45. The van der Waals surface area contributed by atoms with E-state index in [0.717, 1.165) is 6.07 Å². The number of aliphatic hydroxyl groups excluding tert-OH is 1.